The number of halogens is 3. The summed E-state index contributed by atoms with van der Waals surface area (Å²) < 4.78 is 46.3. The van der Waals surface area contributed by atoms with E-state index in [0.29, 0.717) is 25.1 Å². The van der Waals surface area contributed by atoms with Gasteiger partial charge in [0.05, 0.1) is 12.2 Å². The molecule has 0 aliphatic carbocycles. The third kappa shape index (κ3) is 8.96. The van der Waals surface area contributed by atoms with E-state index in [1.807, 2.05) is 7.05 Å². The Kier molecular flexibility index (Phi) is 11.2. The van der Waals surface area contributed by atoms with E-state index in [0.717, 1.165) is 69.3 Å². The molecule has 0 unspecified atom stereocenters. The van der Waals surface area contributed by atoms with Gasteiger partial charge in [0.15, 0.2) is 0 Å². The first kappa shape index (κ1) is 30.4. The second-order valence-electron chi connectivity index (χ2n) is 10.0. The van der Waals surface area contributed by atoms with Crippen LogP contribution < -0.4 is 21.1 Å². The van der Waals surface area contributed by atoms with Crippen LogP contribution in [0.15, 0.2) is 29.5 Å². The number of nitrogens with two attached hydrogens (primary N) is 1. The normalized spacial score (nSPS) is 17.0. The van der Waals surface area contributed by atoms with Crippen LogP contribution >= 0.6 is 0 Å². The van der Waals surface area contributed by atoms with Gasteiger partial charge in [0, 0.05) is 38.9 Å². The van der Waals surface area contributed by atoms with Gasteiger partial charge in [-0.2, -0.15) is 13.2 Å². The highest BCUT2D eigenvalue weighted by molar-refractivity contribution is 5.99. The number of likely N-dealkylation sites (tertiary alicyclic amines) is 1. The second-order valence-corrected chi connectivity index (χ2v) is 10.0. The Morgan fingerprint density at radius 1 is 1.10 bits per heavy atom. The molecule has 2 heterocycles. The van der Waals surface area contributed by atoms with Crippen molar-refractivity contribution < 1.29 is 27.5 Å². The second kappa shape index (κ2) is 14.3. The van der Waals surface area contributed by atoms with E-state index in [2.05, 4.69) is 15.5 Å². The topological polar surface area (TPSA) is 124 Å². The van der Waals surface area contributed by atoms with Crippen LogP contribution in [0.1, 0.15) is 49.7 Å². The van der Waals surface area contributed by atoms with E-state index in [1.54, 1.807) is 18.2 Å². The van der Waals surface area contributed by atoms with E-state index in [9.17, 15) is 22.8 Å². The van der Waals surface area contributed by atoms with Crippen molar-refractivity contribution >= 4 is 18.0 Å². The first-order chi connectivity index (χ1) is 18.6. The summed E-state index contributed by atoms with van der Waals surface area (Å²) in [7, 11) is 1.95. The Labute approximate surface area is 227 Å². The number of hydrogen-bond acceptors (Lipinski definition) is 7. The van der Waals surface area contributed by atoms with Crippen LogP contribution in [0.2, 0.25) is 0 Å². The molecule has 0 bridgehead atoms. The zero-order valence-electron chi connectivity index (χ0n) is 22.4. The largest absolute Gasteiger partial charge is 0.490 e. The highest BCUT2D eigenvalue weighted by Gasteiger charge is 2.42. The number of carbonyl (C=O) groups is 2. The summed E-state index contributed by atoms with van der Waals surface area (Å²) in [6.45, 7) is 3.80. The fraction of sp³-hybridized carbons (Fsp3) is 0.593. The summed E-state index contributed by atoms with van der Waals surface area (Å²) in [6, 6.07) is 5.38. The molecule has 39 heavy (non-hydrogen) atoms. The van der Waals surface area contributed by atoms with Gasteiger partial charge < -0.3 is 31.4 Å². The van der Waals surface area contributed by atoms with Crippen molar-refractivity contribution in [2.45, 2.75) is 63.9 Å². The quantitative estimate of drug-likeness (QED) is 0.160. The zero-order valence-corrected chi connectivity index (χ0v) is 22.4. The fourth-order valence-corrected chi connectivity index (χ4v) is 4.99. The molecule has 9 nitrogen and oxygen atoms in total. The van der Waals surface area contributed by atoms with Crippen LogP contribution in [0.5, 0.6) is 5.75 Å². The van der Waals surface area contributed by atoms with Crippen LogP contribution in [0, 0.1) is 5.41 Å². The maximum Gasteiger partial charge on any atom is 0.423 e. The van der Waals surface area contributed by atoms with Gasteiger partial charge in [-0.15, -0.1) is 0 Å². The monoisotopic (exact) mass is 552 g/mol. The van der Waals surface area contributed by atoms with Gasteiger partial charge in [-0.25, -0.2) is 0 Å². The smallest absolute Gasteiger partial charge is 0.423 e. The van der Waals surface area contributed by atoms with Crippen LogP contribution in [-0.2, 0) is 22.7 Å². The third-order valence-electron chi connectivity index (χ3n) is 7.04. The van der Waals surface area contributed by atoms with Crippen molar-refractivity contribution in [2.24, 2.45) is 5.73 Å². The SMILES string of the molecule is CNCCCCCCNC(=O)CN1CCC(Oc2ccc3c(c2)CN(/C(C=N)=C(/C(N)=O)C(F)(F)F)C3)CC1. The van der Waals surface area contributed by atoms with Gasteiger partial charge in [-0.1, -0.05) is 18.9 Å². The number of ether oxygens (including phenoxy) is 1. The molecule has 0 atom stereocenters. The Morgan fingerprint density at radius 2 is 1.77 bits per heavy atom. The predicted molar refractivity (Wildman–Crippen MR) is 142 cm³/mol. The molecule has 0 spiro atoms. The molecule has 216 valence electrons. The number of unbranched alkanes of at least 4 members (excludes halogenated alkanes) is 3. The molecule has 1 saturated heterocycles. The Bertz CT molecular complexity index is 1040. The van der Waals surface area contributed by atoms with Crippen molar-refractivity contribution in [3.8, 4) is 5.75 Å². The van der Waals surface area contributed by atoms with Crippen molar-refractivity contribution in [1.29, 1.82) is 5.41 Å². The highest BCUT2D eigenvalue weighted by atomic mass is 19.4. The standard InChI is InChI=1S/C27H39F3N6O3/c1-33-10-4-2-3-5-11-34-24(37)18-35-12-8-21(9-13-35)39-22-7-6-19-16-36(17-20(19)14-22)23(15-31)25(26(32)38)27(28,29)30/h6-7,14-15,21,31,33H,2-5,8-13,16-18H2,1H3,(H2,32,38)(H,34,37)/b25-23-,31-15?. The molecule has 2 amide bonds. The molecule has 0 aromatic heterocycles. The number of alkyl halides is 3. The summed E-state index contributed by atoms with van der Waals surface area (Å²) in [5.41, 5.74) is 4.49. The third-order valence-corrected chi connectivity index (χ3v) is 7.04. The molecule has 2 aliphatic heterocycles. The van der Waals surface area contributed by atoms with Crippen LogP contribution in [0.25, 0.3) is 0 Å². The number of benzene rings is 1. The Morgan fingerprint density at radius 3 is 2.38 bits per heavy atom. The number of fused-ring (bicyclic) bond motifs is 1. The number of carbonyl (C=O) groups excluding carboxylic acids is 2. The minimum atomic E-state index is -4.96. The molecule has 1 aromatic rings. The maximum atomic E-state index is 13.4. The first-order valence-corrected chi connectivity index (χ1v) is 13.4. The number of hydrogen-bond donors (Lipinski definition) is 4. The molecule has 0 saturated carbocycles. The molecule has 3 rings (SSSR count). The minimum Gasteiger partial charge on any atom is -0.490 e. The maximum absolute atomic E-state index is 13.4. The van der Waals surface area contributed by atoms with E-state index < -0.39 is 23.4 Å². The van der Waals surface area contributed by atoms with Crippen LogP contribution in [-0.4, -0.2) is 79.9 Å². The lowest BCUT2D eigenvalue weighted by Gasteiger charge is -2.31. The van der Waals surface area contributed by atoms with Crippen LogP contribution in [0.4, 0.5) is 13.2 Å². The molecule has 12 heteroatoms. The van der Waals surface area contributed by atoms with E-state index in [-0.39, 0.29) is 25.1 Å². The molecule has 1 aromatic carbocycles. The first-order valence-electron chi connectivity index (χ1n) is 13.4. The molecule has 2 aliphatic rings. The summed E-state index contributed by atoms with van der Waals surface area (Å²) in [5, 5.41) is 13.6. The summed E-state index contributed by atoms with van der Waals surface area (Å²) in [5.74, 6) is -0.954. The number of piperidine rings is 1. The summed E-state index contributed by atoms with van der Waals surface area (Å²) in [4.78, 5) is 27.2. The number of allylic oxidation sites excluding steroid dienone is 1. The number of nitrogens with one attached hydrogen (secondary N) is 3. The number of amides is 2. The minimum absolute atomic E-state index is 0.0267. The van der Waals surface area contributed by atoms with Gasteiger partial charge in [0.1, 0.15) is 17.4 Å². The lowest BCUT2D eigenvalue weighted by molar-refractivity contribution is -0.128. The van der Waals surface area contributed by atoms with E-state index in [4.69, 9.17) is 15.9 Å². The number of nitrogens with zero attached hydrogens (tertiary/aromatic N) is 2. The average Bonchev–Trinajstić information content (AvgIpc) is 3.30. The lowest BCUT2D eigenvalue weighted by Crippen LogP contribution is -2.43. The van der Waals surface area contributed by atoms with Crippen molar-refractivity contribution in [3.05, 3.63) is 40.6 Å². The zero-order chi connectivity index (χ0) is 28.4. The molecule has 5 N–H and O–H groups in total. The number of primary amides is 1. The van der Waals surface area contributed by atoms with Crippen molar-refractivity contribution in [2.75, 3.05) is 39.8 Å². The number of rotatable bonds is 14. The van der Waals surface area contributed by atoms with Gasteiger partial charge in [0.2, 0.25) is 5.91 Å². The predicted octanol–water partition coefficient (Wildman–Crippen LogP) is 2.69. The van der Waals surface area contributed by atoms with Gasteiger partial charge >= 0.3 is 6.18 Å². The van der Waals surface area contributed by atoms with Crippen molar-refractivity contribution in [3.63, 3.8) is 0 Å². The average molecular weight is 553 g/mol. The van der Waals surface area contributed by atoms with Gasteiger partial charge in [-0.3, -0.25) is 14.5 Å². The summed E-state index contributed by atoms with van der Waals surface area (Å²) in [6.07, 6.45) is 1.46. The van der Waals surface area contributed by atoms with E-state index >= 15 is 0 Å². The van der Waals surface area contributed by atoms with E-state index in [1.165, 1.54) is 4.90 Å². The molecular weight excluding hydrogens is 513 g/mol. The Balaban J connectivity index is 1.45. The lowest BCUT2D eigenvalue weighted by atomic mass is 10.1. The molecular formula is C27H39F3N6O3. The highest BCUT2D eigenvalue weighted by Crippen LogP contribution is 2.34. The van der Waals surface area contributed by atoms with Gasteiger partial charge in [0.25, 0.3) is 5.91 Å². The fourth-order valence-electron chi connectivity index (χ4n) is 4.99. The Hall–Kier alpha value is -3.12. The van der Waals surface area contributed by atoms with Crippen LogP contribution in [0.3, 0.4) is 0 Å². The molecule has 1 fully saturated rings. The molecule has 0 radical (unpaired) electrons. The van der Waals surface area contributed by atoms with Crippen molar-refractivity contribution in [1.82, 2.24) is 20.4 Å². The summed E-state index contributed by atoms with van der Waals surface area (Å²) >= 11 is 0. The van der Waals surface area contributed by atoms with Gasteiger partial charge in [-0.05, 0) is 62.5 Å².